The van der Waals surface area contributed by atoms with Gasteiger partial charge in [-0.1, -0.05) is 6.07 Å². The van der Waals surface area contributed by atoms with E-state index in [4.69, 9.17) is 14.6 Å². The molecule has 3 aromatic rings. The molecule has 0 amide bonds. The molecule has 27 heavy (non-hydrogen) atoms. The highest BCUT2D eigenvalue weighted by atomic mass is 32.1. The Balaban J connectivity index is 1.94. The highest BCUT2D eigenvalue weighted by Gasteiger charge is 2.28. The Morgan fingerprint density at radius 2 is 2.11 bits per heavy atom. The van der Waals surface area contributed by atoms with Gasteiger partial charge in [-0.25, -0.2) is 4.79 Å². The molecule has 0 saturated heterocycles. The molecule has 1 aliphatic heterocycles. The quantitative estimate of drug-likeness (QED) is 0.679. The Bertz CT molecular complexity index is 990. The number of aromatic nitrogens is 1. The number of carboxylic acids is 1. The molecule has 2 N–H and O–H groups in total. The number of methoxy groups -OCH3 is 1. The number of aliphatic hydroxyl groups is 1. The van der Waals surface area contributed by atoms with E-state index in [0.29, 0.717) is 24.5 Å². The summed E-state index contributed by atoms with van der Waals surface area (Å²) in [5.41, 5.74) is 4.09. The largest absolute Gasteiger partial charge is 0.493 e. The highest BCUT2D eigenvalue weighted by Crippen LogP contribution is 2.45. The van der Waals surface area contributed by atoms with Crippen LogP contribution >= 0.6 is 11.3 Å². The lowest BCUT2D eigenvalue weighted by atomic mass is 9.95. The van der Waals surface area contributed by atoms with Crippen LogP contribution in [0.1, 0.15) is 16.1 Å². The van der Waals surface area contributed by atoms with Gasteiger partial charge in [-0.15, -0.1) is 11.3 Å². The van der Waals surface area contributed by atoms with Crippen molar-refractivity contribution in [1.82, 2.24) is 4.57 Å². The van der Waals surface area contributed by atoms with Gasteiger partial charge in [0.1, 0.15) is 12.3 Å². The first-order valence-electron chi connectivity index (χ1n) is 8.59. The van der Waals surface area contributed by atoms with Crippen LogP contribution in [-0.4, -0.2) is 41.1 Å². The maximum Gasteiger partial charge on any atom is 0.352 e. The number of nitrogens with zero attached hydrogens (tertiary/aromatic N) is 1. The van der Waals surface area contributed by atoms with Gasteiger partial charge in [-0.3, -0.25) is 0 Å². The number of carbonyl (C=O) groups is 1. The molecule has 0 spiro atoms. The van der Waals surface area contributed by atoms with Crippen LogP contribution in [0.2, 0.25) is 0 Å². The summed E-state index contributed by atoms with van der Waals surface area (Å²) in [4.78, 5) is 12.8. The van der Waals surface area contributed by atoms with Gasteiger partial charge in [-0.05, 0) is 41.6 Å². The zero-order chi connectivity index (χ0) is 19.0. The van der Waals surface area contributed by atoms with Crippen LogP contribution < -0.4 is 9.47 Å². The second-order valence-corrected chi connectivity index (χ2v) is 7.16. The van der Waals surface area contributed by atoms with Crippen LogP contribution in [0, 0.1) is 0 Å². The standard InChI is InChI=1S/C20H19NO5S/c1-25-16-9-12-4-5-21-15(20(23)24)10-14(18-3-2-8-27-18)19(21)13(12)11-17(16)26-7-6-22/h2-3,8-11,22H,4-7H2,1H3,(H,23,24). The van der Waals surface area contributed by atoms with Gasteiger partial charge in [-0.2, -0.15) is 0 Å². The Hall–Kier alpha value is -2.77. The van der Waals surface area contributed by atoms with Gasteiger partial charge < -0.3 is 24.3 Å². The Morgan fingerprint density at radius 3 is 2.78 bits per heavy atom. The third-order valence-corrected chi connectivity index (χ3v) is 5.60. The minimum atomic E-state index is -0.937. The van der Waals surface area contributed by atoms with Crippen molar-refractivity contribution < 1.29 is 24.5 Å². The van der Waals surface area contributed by atoms with E-state index < -0.39 is 5.97 Å². The lowest BCUT2D eigenvalue weighted by molar-refractivity contribution is 0.0685. The predicted molar refractivity (Wildman–Crippen MR) is 103 cm³/mol. The van der Waals surface area contributed by atoms with Crippen molar-refractivity contribution >= 4 is 17.3 Å². The molecule has 0 fully saturated rings. The fourth-order valence-corrected chi connectivity index (χ4v) is 4.30. The number of aromatic carboxylic acids is 1. The lowest BCUT2D eigenvalue weighted by Gasteiger charge is -2.23. The van der Waals surface area contributed by atoms with Crippen molar-refractivity contribution in [2.24, 2.45) is 0 Å². The molecule has 0 unspecified atom stereocenters. The summed E-state index contributed by atoms with van der Waals surface area (Å²) in [7, 11) is 1.58. The molecule has 4 rings (SSSR count). The second kappa shape index (κ2) is 7.09. The maximum atomic E-state index is 11.8. The number of ether oxygens (including phenoxy) is 2. The zero-order valence-electron chi connectivity index (χ0n) is 14.8. The van der Waals surface area contributed by atoms with Gasteiger partial charge >= 0.3 is 5.97 Å². The van der Waals surface area contributed by atoms with E-state index in [9.17, 15) is 9.90 Å². The van der Waals surface area contributed by atoms with E-state index in [1.54, 1.807) is 24.5 Å². The van der Waals surface area contributed by atoms with Gasteiger partial charge in [0.25, 0.3) is 0 Å². The molecule has 2 aromatic heterocycles. The SMILES string of the molecule is COc1cc2c(cc1OCCO)-c1c(-c3cccs3)cc(C(=O)O)n1CC2. The molecule has 0 atom stereocenters. The summed E-state index contributed by atoms with van der Waals surface area (Å²) in [5.74, 6) is 0.208. The summed E-state index contributed by atoms with van der Waals surface area (Å²) < 4.78 is 12.9. The molecule has 0 radical (unpaired) electrons. The number of fused-ring (bicyclic) bond motifs is 3. The molecule has 7 heteroatoms. The fraction of sp³-hybridized carbons (Fsp3) is 0.250. The third-order valence-electron chi connectivity index (χ3n) is 4.70. The van der Waals surface area contributed by atoms with Crippen molar-refractivity contribution in [1.29, 1.82) is 0 Å². The van der Waals surface area contributed by atoms with Crippen LogP contribution in [-0.2, 0) is 13.0 Å². The molecule has 0 aliphatic carbocycles. The average Bonchev–Trinajstić information content (AvgIpc) is 3.32. The first kappa shape index (κ1) is 17.6. The number of hydrogen-bond acceptors (Lipinski definition) is 5. The Kier molecular flexibility index (Phi) is 4.63. The highest BCUT2D eigenvalue weighted by molar-refractivity contribution is 7.13. The number of thiophene rings is 1. The third kappa shape index (κ3) is 2.98. The number of aryl methyl sites for hydroxylation is 1. The number of carboxylic acid groups (broad SMARTS) is 1. The average molecular weight is 385 g/mol. The lowest BCUT2D eigenvalue weighted by Crippen LogP contribution is -2.16. The van der Waals surface area contributed by atoms with Crippen molar-refractivity contribution in [2.45, 2.75) is 13.0 Å². The van der Waals surface area contributed by atoms with E-state index in [1.165, 1.54) is 0 Å². The van der Waals surface area contributed by atoms with Gasteiger partial charge in [0.2, 0.25) is 0 Å². The zero-order valence-corrected chi connectivity index (χ0v) is 15.6. The molecule has 1 aliphatic rings. The first-order valence-corrected chi connectivity index (χ1v) is 9.47. The van der Waals surface area contributed by atoms with Crippen LogP contribution in [0.3, 0.4) is 0 Å². The van der Waals surface area contributed by atoms with E-state index in [-0.39, 0.29) is 18.9 Å². The smallest absolute Gasteiger partial charge is 0.352 e. The molecular weight excluding hydrogens is 366 g/mol. The molecule has 6 nitrogen and oxygen atoms in total. The Morgan fingerprint density at radius 1 is 1.26 bits per heavy atom. The number of benzene rings is 1. The predicted octanol–water partition coefficient (Wildman–Crippen LogP) is 3.52. The Labute approximate surface area is 160 Å². The molecular formula is C20H19NO5S. The van der Waals surface area contributed by atoms with Gasteiger partial charge in [0.05, 0.1) is 19.4 Å². The van der Waals surface area contributed by atoms with E-state index in [0.717, 1.165) is 27.3 Å². The summed E-state index contributed by atoms with van der Waals surface area (Å²) in [6.07, 6.45) is 0.706. The summed E-state index contributed by atoms with van der Waals surface area (Å²) >= 11 is 1.58. The molecule has 0 saturated carbocycles. The van der Waals surface area contributed by atoms with E-state index in [2.05, 4.69) is 0 Å². The molecule has 3 heterocycles. The van der Waals surface area contributed by atoms with Crippen molar-refractivity contribution in [3.8, 4) is 33.2 Å². The summed E-state index contributed by atoms with van der Waals surface area (Å²) in [6.45, 7) is 0.657. The number of aliphatic hydroxyl groups excluding tert-OH is 1. The fourth-order valence-electron chi connectivity index (χ4n) is 3.56. The normalized spacial score (nSPS) is 12.4. The molecule has 140 valence electrons. The summed E-state index contributed by atoms with van der Waals surface area (Å²) in [5, 5.41) is 20.7. The van der Waals surface area contributed by atoms with Gasteiger partial charge in [0, 0.05) is 22.5 Å². The first-order chi connectivity index (χ1) is 13.1. The number of hydrogen-bond donors (Lipinski definition) is 2. The maximum absolute atomic E-state index is 11.8. The minimum Gasteiger partial charge on any atom is -0.493 e. The van der Waals surface area contributed by atoms with E-state index >= 15 is 0 Å². The van der Waals surface area contributed by atoms with Crippen LogP contribution in [0.5, 0.6) is 11.5 Å². The molecule has 0 bridgehead atoms. The van der Waals surface area contributed by atoms with E-state index in [1.807, 2.05) is 34.2 Å². The second-order valence-electron chi connectivity index (χ2n) is 6.21. The van der Waals surface area contributed by atoms with Crippen molar-refractivity contribution in [3.05, 3.63) is 47.0 Å². The number of rotatable bonds is 6. The van der Waals surface area contributed by atoms with Crippen LogP contribution in [0.4, 0.5) is 0 Å². The summed E-state index contributed by atoms with van der Waals surface area (Å²) in [6, 6.07) is 9.53. The monoisotopic (exact) mass is 385 g/mol. The van der Waals surface area contributed by atoms with Gasteiger partial charge in [0.15, 0.2) is 11.5 Å². The molecule has 1 aromatic carbocycles. The van der Waals surface area contributed by atoms with Crippen molar-refractivity contribution in [3.63, 3.8) is 0 Å². The van der Waals surface area contributed by atoms with Crippen LogP contribution in [0.15, 0.2) is 35.7 Å². The van der Waals surface area contributed by atoms with Crippen molar-refractivity contribution in [2.75, 3.05) is 20.3 Å². The topological polar surface area (TPSA) is 80.9 Å². The minimum absolute atomic E-state index is 0.0970. The van der Waals surface area contributed by atoms with Crippen LogP contribution in [0.25, 0.3) is 21.7 Å².